The lowest BCUT2D eigenvalue weighted by molar-refractivity contribution is 0.307. The van der Waals surface area contributed by atoms with Crippen LogP contribution in [0.1, 0.15) is 206 Å². The predicted molar refractivity (Wildman–Crippen MR) is 185 cm³/mol. The molecule has 5 heteroatoms. The van der Waals surface area contributed by atoms with Crippen molar-refractivity contribution >= 4 is 28.9 Å². The first-order valence-corrected chi connectivity index (χ1v) is 22.0. The zero-order chi connectivity index (χ0) is 28.5. The number of unbranched alkanes of at least 4 members (excludes halogenated alkanes) is 28. The molecule has 0 aromatic heterocycles. The molecule has 0 saturated heterocycles. The summed E-state index contributed by atoms with van der Waals surface area (Å²) < 4.78 is 5.71. The molecule has 2 nitrogen and oxygen atoms in total. The maximum absolute atomic E-state index is 10.4. The van der Waals surface area contributed by atoms with Gasteiger partial charge in [0.2, 0.25) is 5.69 Å². The van der Waals surface area contributed by atoms with Gasteiger partial charge in [-0.3, -0.25) is 0 Å². The fourth-order valence-corrected chi connectivity index (χ4v) is 8.76. The number of hydrogen-bond acceptors (Lipinski definition) is 3. The molecular weight excluding hydrogens is 535 g/mol. The predicted octanol–water partition coefficient (Wildman–Crippen LogP) is 13.7. The molecule has 0 rings (SSSR count). The first-order valence-electron chi connectivity index (χ1n) is 17.7. The Kier molecular flexibility index (Phi) is 34.2. The van der Waals surface area contributed by atoms with Gasteiger partial charge in [0.05, 0.1) is 6.61 Å². The van der Waals surface area contributed by atoms with E-state index in [0.717, 1.165) is 18.6 Å². The quantitative estimate of drug-likeness (QED) is 0.0583. The molecule has 0 spiro atoms. The van der Waals surface area contributed by atoms with Crippen molar-refractivity contribution in [1.82, 2.24) is 0 Å². The summed E-state index contributed by atoms with van der Waals surface area (Å²) in [4.78, 5) is 10.4. The lowest BCUT2D eigenvalue weighted by atomic mass is 10.0. The Hall–Kier alpha value is 0.920. The van der Waals surface area contributed by atoms with E-state index in [1.165, 1.54) is 191 Å². The molecule has 0 aliphatic carbocycles. The third kappa shape index (κ3) is 35.0. The maximum Gasteiger partial charge on any atom is 0.244 e. The first kappa shape index (κ1) is 39.9. The van der Waals surface area contributed by atoms with Crippen LogP contribution in [0.5, 0.6) is 0 Å². The van der Waals surface area contributed by atoms with E-state index >= 15 is 0 Å². The zero-order valence-corrected chi connectivity index (χ0v) is 29.3. The molecule has 39 heavy (non-hydrogen) atoms. The molecule has 1 atom stereocenters. The fourth-order valence-electron chi connectivity index (χ4n) is 5.34. The molecule has 0 heterocycles. The van der Waals surface area contributed by atoms with Gasteiger partial charge in [-0.05, 0) is 24.6 Å². The SMILES string of the molecule is CCCCCCCCCCCCCCCCCCCSP(O)(=S)OCCCCCCCCCCCCCCC. The van der Waals surface area contributed by atoms with Crippen LogP contribution >= 0.6 is 17.1 Å². The van der Waals surface area contributed by atoms with Crippen molar-refractivity contribution in [2.45, 2.75) is 206 Å². The van der Waals surface area contributed by atoms with Gasteiger partial charge in [0.1, 0.15) is 0 Å². The summed E-state index contributed by atoms with van der Waals surface area (Å²) in [6.07, 6.45) is 41.3. The summed E-state index contributed by atoms with van der Waals surface area (Å²) in [7, 11) is 0. The van der Waals surface area contributed by atoms with E-state index < -0.39 is 5.69 Å². The summed E-state index contributed by atoms with van der Waals surface area (Å²) >= 11 is 6.87. The third-order valence-corrected chi connectivity index (χ3v) is 12.4. The second-order valence-corrected chi connectivity index (χ2v) is 18.3. The molecule has 236 valence electrons. The van der Waals surface area contributed by atoms with Crippen LogP contribution in [0, 0.1) is 0 Å². The van der Waals surface area contributed by atoms with E-state index in [9.17, 15) is 4.89 Å². The van der Waals surface area contributed by atoms with Crippen molar-refractivity contribution in [1.29, 1.82) is 0 Å². The molecule has 0 bridgehead atoms. The van der Waals surface area contributed by atoms with Crippen LogP contribution in [0.3, 0.4) is 0 Å². The second kappa shape index (κ2) is 33.4. The van der Waals surface area contributed by atoms with Crippen molar-refractivity contribution in [3.8, 4) is 0 Å². The Bertz CT molecular complexity index is 504. The molecule has 0 fully saturated rings. The summed E-state index contributed by atoms with van der Waals surface area (Å²) in [5.41, 5.74) is -2.62. The normalized spacial score (nSPS) is 13.2. The van der Waals surface area contributed by atoms with E-state index in [2.05, 4.69) is 13.8 Å². The van der Waals surface area contributed by atoms with Crippen LogP contribution in [0.25, 0.3) is 0 Å². The second-order valence-electron chi connectivity index (χ2n) is 12.0. The van der Waals surface area contributed by atoms with Crippen molar-refractivity contribution < 1.29 is 9.42 Å². The third-order valence-electron chi connectivity index (χ3n) is 8.00. The highest BCUT2D eigenvalue weighted by Gasteiger charge is 2.13. The van der Waals surface area contributed by atoms with Crippen LogP contribution in [-0.4, -0.2) is 17.3 Å². The van der Waals surface area contributed by atoms with Gasteiger partial charge < -0.3 is 9.42 Å². The van der Waals surface area contributed by atoms with Crippen LogP contribution in [-0.2, 0) is 16.3 Å². The maximum atomic E-state index is 10.4. The van der Waals surface area contributed by atoms with E-state index in [-0.39, 0.29) is 0 Å². The minimum absolute atomic E-state index is 0.636. The highest BCUT2D eigenvalue weighted by atomic mass is 32.9. The van der Waals surface area contributed by atoms with Crippen molar-refractivity contribution in [2.75, 3.05) is 12.4 Å². The van der Waals surface area contributed by atoms with Gasteiger partial charge in [-0.2, -0.15) is 0 Å². The summed E-state index contributed by atoms with van der Waals surface area (Å²) in [5, 5.41) is 0. The fraction of sp³-hybridized carbons (Fsp3) is 1.00. The van der Waals surface area contributed by atoms with Gasteiger partial charge in [-0.25, -0.2) is 0 Å². The smallest absolute Gasteiger partial charge is 0.244 e. The molecule has 0 aliphatic rings. The lowest BCUT2D eigenvalue weighted by Crippen LogP contribution is -1.92. The molecule has 0 saturated carbocycles. The van der Waals surface area contributed by atoms with Crippen LogP contribution in [0.4, 0.5) is 0 Å². The van der Waals surface area contributed by atoms with E-state index in [1.807, 2.05) is 0 Å². The average Bonchev–Trinajstić information content (AvgIpc) is 2.92. The summed E-state index contributed by atoms with van der Waals surface area (Å²) in [6.45, 7) is 5.22. The van der Waals surface area contributed by atoms with Gasteiger partial charge >= 0.3 is 0 Å². The van der Waals surface area contributed by atoms with Crippen LogP contribution in [0.2, 0.25) is 0 Å². The lowest BCUT2D eigenvalue weighted by Gasteiger charge is -2.14. The van der Waals surface area contributed by atoms with Crippen LogP contribution in [0.15, 0.2) is 0 Å². The Morgan fingerprint density at radius 2 is 0.692 bits per heavy atom. The first-order chi connectivity index (χ1) is 19.1. The molecule has 0 aromatic rings. The van der Waals surface area contributed by atoms with Gasteiger partial charge in [0, 0.05) is 5.75 Å². The van der Waals surface area contributed by atoms with Crippen LogP contribution < -0.4 is 0 Å². The Morgan fingerprint density at radius 1 is 0.436 bits per heavy atom. The van der Waals surface area contributed by atoms with E-state index in [0.29, 0.717) is 6.61 Å². The number of rotatable bonds is 34. The topological polar surface area (TPSA) is 29.5 Å². The molecule has 1 N–H and O–H groups in total. The highest BCUT2D eigenvalue weighted by molar-refractivity contribution is 8.67. The average molecular weight is 607 g/mol. The van der Waals surface area contributed by atoms with Crippen molar-refractivity contribution in [3.05, 3.63) is 0 Å². The largest absolute Gasteiger partial charge is 0.337 e. The molecule has 0 aromatic carbocycles. The van der Waals surface area contributed by atoms with Gasteiger partial charge in [0.15, 0.2) is 0 Å². The minimum Gasteiger partial charge on any atom is -0.337 e. The Balaban J connectivity index is 3.26. The van der Waals surface area contributed by atoms with Crippen molar-refractivity contribution in [2.24, 2.45) is 0 Å². The minimum atomic E-state index is -2.62. The Morgan fingerprint density at radius 3 is 1.00 bits per heavy atom. The monoisotopic (exact) mass is 606 g/mol. The zero-order valence-electron chi connectivity index (χ0n) is 26.7. The Labute approximate surface area is 256 Å². The number of hydrogen-bond donors (Lipinski definition) is 1. The van der Waals surface area contributed by atoms with E-state index in [4.69, 9.17) is 16.3 Å². The molecule has 0 radical (unpaired) electrons. The highest BCUT2D eigenvalue weighted by Crippen LogP contribution is 2.56. The molecule has 0 aliphatic heterocycles. The molecular formula is C34H71O2PS2. The van der Waals surface area contributed by atoms with E-state index in [1.54, 1.807) is 0 Å². The standard InChI is InChI=1S/C34H71O2PS2/c1-3-5-7-9-11-13-15-17-18-19-20-22-24-26-28-30-32-34-39-37(35,38)36-33-31-29-27-25-23-21-16-14-12-10-8-6-4-2/h3-34H2,1-2H3,(H,35,38). The van der Waals surface area contributed by atoms with Gasteiger partial charge in [-0.15, -0.1) is 0 Å². The van der Waals surface area contributed by atoms with Gasteiger partial charge in [0.25, 0.3) is 0 Å². The molecule has 0 amide bonds. The molecule has 1 unspecified atom stereocenters. The van der Waals surface area contributed by atoms with Crippen molar-refractivity contribution in [3.63, 3.8) is 0 Å². The summed E-state index contributed by atoms with van der Waals surface area (Å²) in [5.74, 6) is 0.949. The summed E-state index contributed by atoms with van der Waals surface area (Å²) in [6, 6.07) is 0. The van der Waals surface area contributed by atoms with Gasteiger partial charge in [-0.1, -0.05) is 205 Å².